The fourth-order valence-electron chi connectivity index (χ4n) is 3.00. The monoisotopic (exact) mass is 317 g/mol. The van der Waals surface area contributed by atoms with E-state index in [-0.39, 0.29) is 0 Å². The first-order valence-corrected chi connectivity index (χ1v) is 8.07. The van der Waals surface area contributed by atoms with Crippen LogP contribution in [0.4, 0.5) is 11.4 Å². The first-order valence-electron chi connectivity index (χ1n) is 7.69. The number of benzene rings is 3. The Labute approximate surface area is 141 Å². The molecule has 0 unspecified atom stereocenters. The summed E-state index contributed by atoms with van der Waals surface area (Å²) in [4.78, 5) is 2.37. The lowest BCUT2D eigenvalue weighted by Gasteiger charge is -2.27. The second-order valence-corrected chi connectivity index (χ2v) is 6.10. The summed E-state index contributed by atoms with van der Waals surface area (Å²) in [6.45, 7) is 0.812. The van der Waals surface area contributed by atoms with Crippen LogP contribution < -0.4 is 4.90 Å². The molecule has 1 aliphatic rings. The maximum absolute atomic E-state index is 6.02. The number of para-hydroxylation sites is 2. The van der Waals surface area contributed by atoms with Crippen molar-refractivity contribution in [2.24, 2.45) is 0 Å². The van der Waals surface area contributed by atoms with E-state index in [1.54, 1.807) is 0 Å². The third-order valence-electron chi connectivity index (χ3n) is 4.15. The third-order valence-corrected chi connectivity index (χ3v) is 4.40. The lowest BCUT2D eigenvalue weighted by Crippen LogP contribution is -2.17. The molecule has 4 rings (SSSR count). The summed E-state index contributed by atoms with van der Waals surface area (Å²) in [5, 5.41) is 0.770. The molecular formula is C21H16ClN. The van der Waals surface area contributed by atoms with E-state index in [9.17, 15) is 0 Å². The predicted molar refractivity (Wildman–Crippen MR) is 99.1 cm³/mol. The lowest BCUT2D eigenvalue weighted by molar-refractivity contribution is 0.974. The molecule has 0 aromatic heterocycles. The van der Waals surface area contributed by atoms with Gasteiger partial charge in [-0.05, 0) is 41.0 Å². The molecule has 0 N–H and O–H groups in total. The molecule has 1 nitrogen and oxygen atoms in total. The van der Waals surface area contributed by atoms with E-state index in [2.05, 4.69) is 77.7 Å². The molecule has 0 bridgehead atoms. The van der Waals surface area contributed by atoms with Crippen molar-refractivity contribution in [3.05, 3.63) is 94.5 Å². The van der Waals surface area contributed by atoms with Crippen LogP contribution in [-0.4, -0.2) is 0 Å². The second-order valence-electron chi connectivity index (χ2n) is 5.66. The number of halogens is 1. The molecule has 0 saturated heterocycles. The molecule has 0 fully saturated rings. The number of hydrogen-bond acceptors (Lipinski definition) is 1. The van der Waals surface area contributed by atoms with Gasteiger partial charge in [0.05, 0.1) is 0 Å². The van der Waals surface area contributed by atoms with E-state index in [1.165, 1.54) is 28.1 Å². The summed E-state index contributed by atoms with van der Waals surface area (Å²) in [5.74, 6) is 0. The Morgan fingerprint density at radius 3 is 1.74 bits per heavy atom. The van der Waals surface area contributed by atoms with Crippen LogP contribution in [0, 0.1) is 0 Å². The van der Waals surface area contributed by atoms with Crippen LogP contribution in [0.5, 0.6) is 0 Å². The van der Waals surface area contributed by atoms with Gasteiger partial charge in [0.2, 0.25) is 0 Å². The molecule has 112 valence electrons. The first-order chi connectivity index (χ1) is 11.3. The minimum absolute atomic E-state index is 0.770. The van der Waals surface area contributed by atoms with Gasteiger partial charge in [0.25, 0.3) is 0 Å². The van der Waals surface area contributed by atoms with Gasteiger partial charge >= 0.3 is 0 Å². The van der Waals surface area contributed by atoms with Crippen LogP contribution >= 0.6 is 11.6 Å². The van der Waals surface area contributed by atoms with Crippen molar-refractivity contribution >= 4 is 35.1 Å². The van der Waals surface area contributed by atoms with Gasteiger partial charge in [0, 0.05) is 22.9 Å². The number of fused-ring (bicyclic) bond motifs is 2. The molecule has 0 atom stereocenters. The Kier molecular flexibility index (Phi) is 3.64. The molecule has 0 aliphatic carbocycles. The van der Waals surface area contributed by atoms with Gasteiger partial charge in [-0.3, -0.25) is 0 Å². The molecule has 0 amide bonds. The number of nitrogens with zero attached hydrogens (tertiary/aromatic N) is 1. The summed E-state index contributed by atoms with van der Waals surface area (Å²) >= 11 is 6.02. The predicted octanol–water partition coefficient (Wildman–Crippen LogP) is 6.16. The molecule has 0 spiro atoms. The van der Waals surface area contributed by atoms with Crippen LogP contribution in [0.15, 0.2) is 72.8 Å². The van der Waals surface area contributed by atoms with Gasteiger partial charge < -0.3 is 4.90 Å². The smallest absolute Gasteiger partial charge is 0.0487 e. The highest BCUT2D eigenvalue weighted by Gasteiger charge is 2.17. The SMILES string of the molecule is Clc1ccc(CN2c3ccccc3C=Cc3ccccc32)cc1. The van der Waals surface area contributed by atoms with Crippen LogP contribution in [0.3, 0.4) is 0 Å². The molecule has 1 aliphatic heterocycles. The number of anilines is 2. The lowest BCUT2D eigenvalue weighted by atomic mass is 10.1. The van der Waals surface area contributed by atoms with Crippen molar-refractivity contribution in [3.8, 4) is 0 Å². The molecule has 3 aromatic rings. The van der Waals surface area contributed by atoms with Crippen molar-refractivity contribution in [1.29, 1.82) is 0 Å². The average molecular weight is 318 g/mol. The van der Waals surface area contributed by atoms with Gasteiger partial charge in [-0.2, -0.15) is 0 Å². The Balaban J connectivity index is 1.83. The minimum atomic E-state index is 0.770. The van der Waals surface area contributed by atoms with Gasteiger partial charge in [-0.25, -0.2) is 0 Å². The van der Waals surface area contributed by atoms with E-state index in [0.717, 1.165) is 11.6 Å². The van der Waals surface area contributed by atoms with E-state index in [0.29, 0.717) is 0 Å². The highest BCUT2D eigenvalue weighted by atomic mass is 35.5. The summed E-state index contributed by atoms with van der Waals surface area (Å²) in [7, 11) is 0. The molecule has 0 radical (unpaired) electrons. The van der Waals surface area contributed by atoms with Crippen molar-refractivity contribution in [2.45, 2.75) is 6.54 Å². The minimum Gasteiger partial charge on any atom is -0.336 e. The largest absolute Gasteiger partial charge is 0.336 e. The topological polar surface area (TPSA) is 3.24 Å². The van der Waals surface area contributed by atoms with Gasteiger partial charge in [-0.15, -0.1) is 0 Å². The number of rotatable bonds is 2. The summed E-state index contributed by atoms with van der Waals surface area (Å²) in [5.41, 5.74) is 6.16. The van der Waals surface area contributed by atoms with Crippen molar-refractivity contribution < 1.29 is 0 Å². The maximum Gasteiger partial charge on any atom is 0.0487 e. The third kappa shape index (κ3) is 2.76. The molecule has 1 heterocycles. The molecule has 3 aromatic carbocycles. The standard InChI is InChI=1S/C21H16ClN/c22-19-13-9-16(10-14-19)15-23-20-7-3-1-5-17(20)11-12-18-6-2-4-8-21(18)23/h1-14H,15H2. The molecular weight excluding hydrogens is 302 g/mol. The Morgan fingerprint density at radius 2 is 1.17 bits per heavy atom. The number of hydrogen-bond donors (Lipinski definition) is 0. The van der Waals surface area contributed by atoms with E-state index >= 15 is 0 Å². The zero-order valence-electron chi connectivity index (χ0n) is 12.6. The van der Waals surface area contributed by atoms with Crippen molar-refractivity contribution in [3.63, 3.8) is 0 Å². The summed E-state index contributed by atoms with van der Waals surface area (Å²) < 4.78 is 0. The van der Waals surface area contributed by atoms with Crippen molar-refractivity contribution in [1.82, 2.24) is 0 Å². The maximum atomic E-state index is 6.02. The fourth-order valence-corrected chi connectivity index (χ4v) is 3.13. The Morgan fingerprint density at radius 1 is 0.652 bits per heavy atom. The van der Waals surface area contributed by atoms with E-state index in [1.807, 2.05) is 12.1 Å². The molecule has 23 heavy (non-hydrogen) atoms. The zero-order chi connectivity index (χ0) is 15.6. The fraction of sp³-hybridized carbons (Fsp3) is 0.0476. The van der Waals surface area contributed by atoms with E-state index < -0.39 is 0 Å². The Hall–Kier alpha value is -2.51. The van der Waals surface area contributed by atoms with Gasteiger partial charge in [0.15, 0.2) is 0 Å². The van der Waals surface area contributed by atoms with Gasteiger partial charge in [0.1, 0.15) is 0 Å². The quantitative estimate of drug-likeness (QED) is 0.547. The summed E-state index contributed by atoms with van der Waals surface area (Å²) in [6.07, 6.45) is 4.38. The van der Waals surface area contributed by atoms with Crippen molar-refractivity contribution in [2.75, 3.05) is 4.90 Å². The normalized spacial score (nSPS) is 12.5. The van der Waals surface area contributed by atoms with Crippen LogP contribution in [0.2, 0.25) is 5.02 Å². The van der Waals surface area contributed by atoms with E-state index in [4.69, 9.17) is 11.6 Å². The average Bonchev–Trinajstić information content (AvgIpc) is 2.75. The van der Waals surface area contributed by atoms with Crippen LogP contribution in [-0.2, 0) is 6.54 Å². The highest BCUT2D eigenvalue weighted by molar-refractivity contribution is 6.30. The van der Waals surface area contributed by atoms with Crippen LogP contribution in [0.25, 0.3) is 12.2 Å². The summed E-state index contributed by atoms with van der Waals surface area (Å²) in [6, 6.07) is 25.1. The van der Waals surface area contributed by atoms with Gasteiger partial charge in [-0.1, -0.05) is 72.3 Å². The zero-order valence-corrected chi connectivity index (χ0v) is 13.4. The first kappa shape index (κ1) is 14.1. The second kappa shape index (κ2) is 5.94. The van der Waals surface area contributed by atoms with Crippen LogP contribution in [0.1, 0.15) is 16.7 Å². The molecule has 0 saturated carbocycles. The highest BCUT2D eigenvalue weighted by Crippen LogP contribution is 2.37. The Bertz CT molecular complexity index is 816. The molecule has 2 heteroatoms.